The number of halogens is 1. The molecule has 1 aromatic rings. The zero-order valence-electron chi connectivity index (χ0n) is 16.8. The highest BCUT2D eigenvalue weighted by Crippen LogP contribution is 2.15. The zero-order valence-corrected chi connectivity index (χ0v) is 20.0. The second-order valence-electron chi connectivity index (χ2n) is 6.80. The van der Waals surface area contributed by atoms with Crippen molar-refractivity contribution in [1.82, 2.24) is 25.4 Å². The van der Waals surface area contributed by atoms with E-state index in [-0.39, 0.29) is 36.4 Å². The lowest BCUT2D eigenvalue weighted by molar-refractivity contribution is -0.127. The summed E-state index contributed by atoms with van der Waals surface area (Å²) in [6.45, 7) is 8.28. The van der Waals surface area contributed by atoms with E-state index in [9.17, 15) is 4.79 Å². The van der Waals surface area contributed by atoms with Crippen LogP contribution in [-0.2, 0) is 11.2 Å². The minimum atomic E-state index is -0.00213. The predicted octanol–water partition coefficient (Wildman–Crippen LogP) is 1.72. The van der Waals surface area contributed by atoms with E-state index in [1.807, 2.05) is 6.20 Å². The molecule has 0 aromatic carbocycles. The average molecular weight is 508 g/mol. The molecule has 1 fully saturated rings. The van der Waals surface area contributed by atoms with E-state index in [1.54, 1.807) is 30.3 Å². The minimum Gasteiger partial charge on any atom is -0.356 e. The molecule has 0 aliphatic carbocycles. The summed E-state index contributed by atoms with van der Waals surface area (Å²) in [5.41, 5.74) is 0. The van der Waals surface area contributed by atoms with E-state index in [2.05, 4.69) is 39.4 Å². The number of carbonyl (C=O) groups is 1. The second kappa shape index (κ2) is 12.5. The van der Waals surface area contributed by atoms with Crippen LogP contribution in [-0.4, -0.2) is 79.5 Å². The molecule has 1 atom stereocenters. The summed E-state index contributed by atoms with van der Waals surface area (Å²) >= 11 is 1.72. The largest absolute Gasteiger partial charge is 0.356 e. The highest BCUT2D eigenvalue weighted by molar-refractivity contribution is 14.0. The number of rotatable bonds is 8. The van der Waals surface area contributed by atoms with Crippen LogP contribution in [0.25, 0.3) is 0 Å². The maximum absolute atomic E-state index is 11.9. The molecule has 1 aliphatic rings. The molecule has 0 spiro atoms. The predicted molar refractivity (Wildman–Crippen MR) is 123 cm³/mol. The van der Waals surface area contributed by atoms with Gasteiger partial charge in [-0.2, -0.15) is 0 Å². The number of amides is 1. The Morgan fingerprint density at radius 3 is 2.85 bits per heavy atom. The summed E-state index contributed by atoms with van der Waals surface area (Å²) in [5, 5.41) is 7.88. The number of aliphatic imine (C=N–C) groups is 1. The number of hydrogen-bond donors (Lipinski definition) is 2. The molecule has 154 valence electrons. The van der Waals surface area contributed by atoms with Gasteiger partial charge in [-0.25, -0.2) is 9.98 Å². The topological polar surface area (TPSA) is 72.9 Å². The zero-order chi connectivity index (χ0) is 18.9. The first-order valence-corrected chi connectivity index (χ1v) is 10.2. The van der Waals surface area contributed by atoms with Gasteiger partial charge in [0.15, 0.2) is 5.96 Å². The van der Waals surface area contributed by atoms with Crippen molar-refractivity contribution in [3.63, 3.8) is 0 Å². The lowest BCUT2D eigenvalue weighted by Crippen LogP contribution is -2.45. The molecule has 1 amide bonds. The first kappa shape index (κ1) is 24.1. The minimum absolute atomic E-state index is 0. The van der Waals surface area contributed by atoms with Crippen LogP contribution in [0.5, 0.6) is 0 Å². The van der Waals surface area contributed by atoms with Gasteiger partial charge in [-0.05, 0) is 32.9 Å². The van der Waals surface area contributed by atoms with Gasteiger partial charge in [-0.15, -0.1) is 35.3 Å². The van der Waals surface area contributed by atoms with Crippen molar-refractivity contribution in [3.05, 3.63) is 16.1 Å². The molecular formula is C18H33IN6OS. The van der Waals surface area contributed by atoms with Crippen LogP contribution < -0.4 is 10.6 Å². The number of hydrogen-bond acceptors (Lipinski definition) is 5. The Balaban J connectivity index is 0.00000364. The van der Waals surface area contributed by atoms with Gasteiger partial charge in [0, 0.05) is 50.7 Å². The molecule has 1 unspecified atom stereocenters. The molecule has 2 N–H and O–H groups in total. The maximum Gasteiger partial charge on any atom is 0.243 e. The number of nitrogens with zero attached hydrogens (tertiary/aromatic N) is 4. The highest BCUT2D eigenvalue weighted by atomic mass is 127. The average Bonchev–Trinajstić information content (AvgIpc) is 3.24. The number of aryl methyl sites for hydroxylation is 1. The number of likely N-dealkylation sites (N-methyl/N-ethyl adjacent to an activating group) is 2. The van der Waals surface area contributed by atoms with Crippen LogP contribution in [0.4, 0.5) is 0 Å². The highest BCUT2D eigenvalue weighted by Gasteiger charge is 2.22. The quantitative estimate of drug-likeness (QED) is 0.318. The number of carbonyl (C=O) groups excluding carboxylic acids is 1. The van der Waals surface area contributed by atoms with E-state index in [4.69, 9.17) is 0 Å². The van der Waals surface area contributed by atoms with Crippen molar-refractivity contribution in [3.8, 4) is 0 Å². The summed E-state index contributed by atoms with van der Waals surface area (Å²) in [5.74, 6) is 0.703. The normalized spacial score (nSPS) is 17.5. The van der Waals surface area contributed by atoms with Gasteiger partial charge in [0.1, 0.15) is 6.54 Å². The van der Waals surface area contributed by atoms with Crippen molar-refractivity contribution in [1.29, 1.82) is 0 Å². The lowest BCUT2D eigenvalue weighted by Gasteiger charge is -2.24. The lowest BCUT2D eigenvalue weighted by atomic mass is 10.2. The third kappa shape index (κ3) is 8.30. The van der Waals surface area contributed by atoms with Gasteiger partial charge < -0.3 is 15.5 Å². The first-order valence-electron chi connectivity index (χ1n) is 9.37. The molecule has 0 radical (unpaired) electrons. The Bertz CT molecular complexity index is 606. The molecule has 2 heterocycles. The summed E-state index contributed by atoms with van der Waals surface area (Å²) in [6, 6.07) is 0.540. The Kier molecular flexibility index (Phi) is 11.2. The van der Waals surface area contributed by atoms with Gasteiger partial charge in [-0.3, -0.25) is 9.69 Å². The Morgan fingerprint density at radius 1 is 1.44 bits per heavy atom. The Labute approximate surface area is 184 Å². The van der Waals surface area contributed by atoms with Crippen LogP contribution in [0, 0.1) is 6.92 Å². The number of guanidine groups is 1. The fourth-order valence-corrected chi connectivity index (χ4v) is 3.81. The molecular weight excluding hydrogens is 475 g/mol. The van der Waals surface area contributed by atoms with Crippen LogP contribution in [0.3, 0.4) is 0 Å². The van der Waals surface area contributed by atoms with E-state index in [0.29, 0.717) is 12.0 Å². The van der Waals surface area contributed by atoms with Crippen molar-refractivity contribution in [2.24, 2.45) is 4.99 Å². The standard InChI is InChI=1S/C18H32N6OS.HI/c1-5-24-10-6-7-15(24)12-21-18(22-13-17(25)23(3)4)19-9-8-16-20-11-14(2)26-16;/h11,15H,5-10,12-13H2,1-4H3,(H2,19,21,22);1H. The van der Waals surface area contributed by atoms with Gasteiger partial charge in [0.25, 0.3) is 0 Å². The molecule has 7 nitrogen and oxygen atoms in total. The summed E-state index contributed by atoms with van der Waals surface area (Å²) in [7, 11) is 3.50. The van der Waals surface area contributed by atoms with Crippen molar-refractivity contribution < 1.29 is 4.79 Å². The SMILES string of the molecule is CCN1CCCC1CNC(=NCC(=O)N(C)C)NCCc1ncc(C)s1.I. The maximum atomic E-state index is 11.9. The van der Waals surface area contributed by atoms with E-state index >= 15 is 0 Å². The second-order valence-corrected chi connectivity index (χ2v) is 8.12. The third-order valence-electron chi connectivity index (χ3n) is 4.58. The summed E-state index contributed by atoms with van der Waals surface area (Å²) in [4.78, 5) is 26.0. The fraction of sp³-hybridized carbons (Fsp3) is 0.722. The number of thiazole rings is 1. The molecule has 9 heteroatoms. The molecule has 1 saturated heterocycles. The van der Waals surface area contributed by atoms with E-state index in [0.717, 1.165) is 31.1 Å². The van der Waals surface area contributed by atoms with Gasteiger partial charge in [0.2, 0.25) is 5.91 Å². The monoisotopic (exact) mass is 508 g/mol. The third-order valence-corrected chi connectivity index (χ3v) is 5.55. The van der Waals surface area contributed by atoms with Crippen molar-refractivity contribution in [2.75, 3.05) is 46.8 Å². The molecule has 27 heavy (non-hydrogen) atoms. The Morgan fingerprint density at radius 2 is 2.22 bits per heavy atom. The van der Waals surface area contributed by atoms with Crippen molar-refractivity contribution in [2.45, 2.75) is 39.2 Å². The van der Waals surface area contributed by atoms with Crippen LogP contribution in [0.15, 0.2) is 11.2 Å². The number of aromatic nitrogens is 1. The number of nitrogens with one attached hydrogen (secondary N) is 2. The van der Waals surface area contributed by atoms with Crippen LogP contribution in [0.1, 0.15) is 29.7 Å². The summed E-state index contributed by atoms with van der Waals surface area (Å²) in [6.07, 6.45) is 5.22. The Hall–Kier alpha value is -0.940. The van der Waals surface area contributed by atoms with Crippen LogP contribution in [0.2, 0.25) is 0 Å². The first-order chi connectivity index (χ1) is 12.5. The van der Waals surface area contributed by atoms with Gasteiger partial charge in [-0.1, -0.05) is 6.92 Å². The van der Waals surface area contributed by atoms with Gasteiger partial charge >= 0.3 is 0 Å². The fourth-order valence-electron chi connectivity index (χ4n) is 3.02. The van der Waals surface area contributed by atoms with Gasteiger partial charge in [0.05, 0.1) is 5.01 Å². The van der Waals surface area contributed by atoms with E-state index in [1.165, 1.54) is 24.3 Å². The van der Waals surface area contributed by atoms with Crippen LogP contribution >= 0.6 is 35.3 Å². The van der Waals surface area contributed by atoms with E-state index < -0.39 is 0 Å². The van der Waals surface area contributed by atoms with Crippen molar-refractivity contribution >= 4 is 47.2 Å². The molecule has 1 aromatic heterocycles. The smallest absolute Gasteiger partial charge is 0.243 e. The molecule has 1 aliphatic heterocycles. The summed E-state index contributed by atoms with van der Waals surface area (Å²) < 4.78 is 0. The molecule has 0 bridgehead atoms. The number of likely N-dealkylation sites (tertiary alicyclic amines) is 1. The molecule has 0 saturated carbocycles. The molecule has 2 rings (SSSR count).